The van der Waals surface area contributed by atoms with Gasteiger partial charge in [0, 0.05) is 32.2 Å². The fourth-order valence-electron chi connectivity index (χ4n) is 2.09. The summed E-state index contributed by atoms with van der Waals surface area (Å²) in [5.74, 6) is -0.385. The topological polar surface area (TPSA) is 69.7 Å². The Balaban J connectivity index is 2.15. The van der Waals surface area contributed by atoms with Gasteiger partial charge in [0.05, 0.1) is 6.54 Å². The predicted molar refractivity (Wildman–Crippen MR) is 87.8 cm³/mol. The number of rotatable bonds is 5. The molecule has 0 saturated carbocycles. The van der Waals surface area contributed by atoms with Gasteiger partial charge in [-0.15, -0.1) is 0 Å². The first-order valence-corrected chi connectivity index (χ1v) is 8.13. The quantitative estimate of drug-likeness (QED) is 0.907. The number of carbonyl (C=O) groups excluding carboxylic acids is 1. The van der Waals surface area contributed by atoms with Crippen LogP contribution in [0.2, 0.25) is 0 Å². The molecule has 7 heteroatoms. The number of nitrogens with one attached hydrogen (secondary N) is 1. The molecule has 118 valence electrons. The van der Waals surface area contributed by atoms with E-state index in [9.17, 15) is 13.2 Å². The minimum Gasteiger partial charge on any atom is -0.324 e. The first-order chi connectivity index (χ1) is 10.3. The van der Waals surface area contributed by atoms with Crippen LogP contribution in [0.15, 0.2) is 42.5 Å². The second-order valence-electron chi connectivity index (χ2n) is 5.12. The van der Waals surface area contributed by atoms with Crippen molar-refractivity contribution >= 4 is 32.6 Å². The third-order valence-electron chi connectivity index (χ3n) is 3.29. The van der Waals surface area contributed by atoms with E-state index < -0.39 is 10.2 Å². The number of hydrogen-bond donors (Lipinski definition) is 1. The van der Waals surface area contributed by atoms with E-state index in [4.69, 9.17) is 0 Å². The van der Waals surface area contributed by atoms with Crippen LogP contribution in [0.5, 0.6) is 0 Å². The molecule has 2 aromatic carbocycles. The van der Waals surface area contributed by atoms with Crippen LogP contribution in [0.1, 0.15) is 0 Å². The van der Waals surface area contributed by atoms with Crippen molar-refractivity contribution in [1.29, 1.82) is 0 Å². The third kappa shape index (κ3) is 3.44. The first kappa shape index (κ1) is 16.4. The molecule has 0 bridgehead atoms. The van der Waals surface area contributed by atoms with Crippen LogP contribution in [0.3, 0.4) is 0 Å². The summed E-state index contributed by atoms with van der Waals surface area (Å²) < 4.78 is 25.9. The molecule has 0 aromatic heterocycles. The van der Waals surface area contributed by atoms with Crippen molar-refractivity contribution in [2.24, 2.45) is 0 Å². The number of likely N-dealkylation sites (N-methyl/N-ethyl adjacent to an activating group) is 1. The van der Waals surface area contributed by atoms with Crippen molar-refractivity contribution in [1.82, 2.24) is 8.61 Å². The summed E-state index contributed by atoms with van der Waals surface area (Å²) in [7, 11) is 0.622. The standard InChI is InChI=1S/C15H19N3O3S/c1-17(2)22(20,21)18(3)11-15(19)16-14-10-6-8-12-7-4-5-9-13(12)14/h4-10H,11H2,1-3H3,(H,16,19). The summed E-state index contributed by atoms with van der Waals surface area (Å²) in [6.07, 6.45) is 0. The molecule has 0 atom stereocenters. The predicted octanol–water partition coefficient (Wildman–Crippen LogP) is 1.52. The summed E-state index contributed by atoms with van der Waals surface area (Å²) in [6.45, 7) is -0.246. The lowest BCUT2D eigenvalue weighted by Gasteiger charge is -2.21. The average Bonchev–Trinajstić information content (AvgIpc) is 2.47. The largest absolute Gasteiger partial charge is 0.324 e. The Morgan fingerprint density at radius 3 is 2.36 bits per heavy atom. The number of nitrogens with zero attached hydrogens (tertiary/aromatic N) is 2. The molecule has 0 aliphatic carbocycles. The molecule has 2 rings (SSSR count). The van der Waals surface area contributed by atoms with Crippen molar-refractivity contribution < 1.29 is 13.2 Å². The van der Waals surface area contributed by atoms with Crippen molar-refractivity contribution in [2.75, 3.05) is 33.0 Å². The van der Waals surface area contributed by atoms with Crippen LogP contribution in [0, 0.1) is 0 Å². The van der Waals surface area contributed by atoms with Crippen LogP contribution < -0.4 is 5.32 Å². The number of anilines is 1. The van der Waals surface area contributed by atoms with Crippen molar-refractivity contribution in [3.05, 3.63) is 42.5 Å². The maximum absolute atomic E-state index is 12.1. The molecule has 0 radical (unpaired) electrons. The van der Waals surface area contributed by atoms with Crippen LogP contribution in [-0.4, -0.2) is 50.6 Å². The zero-order valence-electron chi connectivity index (χ0n) is 12.8. The van der Waals surface area contributed by atoms with Gasteiger partial charge in [-0.25, -0.2) is 0 Å². The van der Waals surface area contributed by atoms with Gasteiger partial charge in [0.2, 0.25) is 5.91 Å². The summed E-state index contributed by atoms with van der Waals surface area (Å²) in [5.41, 5.74) is 0.666. The number of fused-ring (bicyclic) bond motifs is 1. The lowest BCUT2D eigenvalue weighted by atomic mass is 10.1. The smallest absolute Gasteiger partial charge is 0.281 e. The van der Waals surface area contributed by atoms with Gasteiger partial charge in [-0.05, 0) is 11.5 Å². The Morgan fingerprint density at radius 2 is 1.68 bits per heavy atom. The first-order valence-electron chi connectivity index (χ1n) is 6.74. The highest BCUT2D eigenvalue weighted by Gasteiger charge is 2.22. The SMILES string of the molecule is CN(C)S(=O)(=O)N(C)CC(=O)Nc1cccc2ccccc12. The fraction of sp³-hybridized carbons (Fsp3) is 0.267. The van der Waals surface area contributed by atoms with E-state index in [0.717, 1.165) is 19.4 Å². The van der Waals surface area contributed by atoms with Gasteiger partial charge >= 0.3 is 0 Å². The van der Waals surface area contributed by atoms with Gasteiger partial charge in [0.25, 0.3) is 10.2 Å². The Bertz CT molecular complexity index is 782. The minimum atomic E-state index is -3.60. The Hall–Kier alpha value is -1.96. The van der Waals surface area contributed by atoms with E-state index in [1.165, 1.54) is 21.1 Å². The molecule has 0 saturated heterocycles. The van der Waals surface area contributed by atoms with Crippen LogP contribution >= 0.6 is 0 Å². The molecular weight excluding hydrogens is 302 g/mol. The number of benzene rings is 2. The second kappa shape index (κ2) is 6.43. The normalized spacial score (nSPS) is 12.0. The van der Waals surface area contributed by atoms with Gasteiger partial charge in [-0.1, -0.05) is 36.4 Å². The van der Waals surface area contributed by atoms with Gasteiger partial charge in [0.15, 0.2) is 0 Å². The third-order valence-corrected chi connectivity index (χ3v) is 5.13. The summed E-state index contributed by atoms with van der Waals surface area (Å²) >= 11 is 0. The highest BCUT2D eigenvalue weighted by Crippen LogP contribution is 2.22. The Kier molecular flexibility index (Phi) is 4.80. The molecule has 2 aromatic rings. The Morgan fingerprint density at radius 1 is 1.05 bits per heavy atom. The van der Waals surface area contributed by atoms with Gasteiger partial charge in [-0.3, -0.25) is 4.79 Å². The van der Waals surface area contributed by atoms with Crippen molar-refractivity contribution in [3.8, 4) is 0 Å². The van der Waals surface area contributed by atoms with Crippen LogP contribution in [-0.2, 0) is 15.0 Å². The monoisotopic (exact) mass is 321 g/mol. The zero-order chi connectivity index (χ0) is 16.3. The van der Waals surface area contributed by atoms with Crippen LogP contribution in [0.25, 0.3) is 10.8 Å². The molecule has 1 N–H and O–H groups in total. The average molecular weight is 321 g/mol. The molecular formula is C15H19N3O3S. The van der Waals surface area contributed by atoms with E-state index >= 15 is 0 Å². The van der Waals surface area contributed by atoms with E-state index in [2.05, 4.69) is 5.32 Å². The molecule has 0 aliphatic rings. The van der Waals surface area contributed by atoms with Crippen molar-refractivity contribution in [3.63, 3.8) is 0 Å². The number of hydrogen-bond acceptors (Lipinski definition) is 3. The number of amides is 1. The second-order valence-corrected chi connectivity index (χ2v) is 7.37. The summed E-state index contributed by atoms with van der Waals surface area (Å²) in [6, 6.07) is 13.3. The molecule has 0 fully saturated rings. The van der Waals surface area contributed by atoms with Gasteiger partial charge in [-0.2, -0.15) is 17.0 Å². The van der Waals surface area contributed by atoms with E-state index in [1.54, 1.807) is 6.07 Å². The van der Waals surface area contributed by atoms with E-state index in [1.807, 2.05) is 36.4 Å². The van der Waals surface area contributed by atoms with Gasteiger partial charge < -0.3 is 5.32 Å². The lowest BCUT2D eigenvalue weighted by Crippen LogP contribution is -2.41. The molecule has 0 unspecified atom stereocenters. The molecule has 22 heavy (non-hydrogen) atoms. The summed E-state index contributed by atoms with van der Waals surface area (Å²) in [5, 5.41) is 4.69. The van der Waals surface area contributed by atoms with E-state index in [-0.39, 0.29) is 12.5 Å². The summed E-state index contributed by atoms with van der Waals surface area (Å²) in [4.78, 5) is 12.1. The maximum Gasteiger partial charge on any atom is 0.281 e. The minimum absolute atomic E-state index is 0.246. The fourth-order valence-corrected chi connectivity index (χ4v) is 2.92. The van der Waals surface area contributed by atoms with Crippen LogP contribution in [0.4, 0.5) is 5.69 Å². The maximum atomic E-state index is 12.1. The van der Waals surface area contributed by atoms with E-state index in [0.29, 0.717) is 5.69 Å². The molecule has 6 nitrogen and oxygen atoms in total. The molecule has 0 spiro atoms. The molecule has 0 heterocycles. The van der Waals surface area contributed by atoms with Crippen molar-refractivity contribution in [2.45, 2.75) is 0 Å². The lowest BCUT2D eigenvalue weighted by molar-refractivity contribution is -0.116. The molecule has 0 aliphatic heterocycles. The van der Waals surface area contributed by atoms with Gasteiger partial charge in [0.1, 0.15) is 0 Å². The zero-order valence-corrected chi connectivity index (χ0v) is 13.6. The molecule has 1 amide bonds. The highest BCUT2D eigenvalue weighted by atomic mass is 32.2. The highest BCUT2D eigenvalue weighted by molar-refractivity contribution is 7.86. The Labute approximate surface area is 130 Å². The number of carbonyl (C=O) groups is 1.